The van der Waals surface area contributed by atoms with E-state index in [9.17, 15) is 9.46 Å². The highest BCUT2D eigenvalue weighted by Gasteiger charge is 2.20. The predicted molar refractivity (Wildman–Crippen MR) is 171 cm³/mol. The van der Waals surface area contributed by atoms with E-state index in [-0.39, 0.29) is 0 Å². The molecule has 236 valence electrons. The van der Waals surface area contributed by atoms with Crippen LogP contribution in [0.2, 0.25) is 0 Å². The first-order chi connectivity index (χ1) is 19.1. The van der Waals surface area contributed by atoms with Gasteiger partial charge in [0.15, 0.2) is 0 Å². The van der Waals surface area contributed by atoms with E-state index in [1.54, 1.807) is 0 Å². The molecule has 0 aromatic rings. The van der Waals surface area contributed by atoms with Gasteiger partial charge >= 0.3 is 7.82 Å². The van der Waals surface area contributed by atoms with E-state index >= 15 is 0 Å². The van der Waals surface area contributed by atoms with Crippen LogP contribution < -0.4 is 0 Å². The summed E-state index contributed by atoms with van der Waals surface area (Å²) in [7, 11) is -3.90. The quantitative estimate of drug-likeness (QED) is 0.0623. The molecule has 1 unspecified atom stereocenters. The lowest BCUT2D eigenvalue weighted by molar-refractivity contribution is 0.144. The number of rotatable bonds is 33. The van der Waals surface area contributed by atoms with Crippen LogP contribution in [0.1, 0.15) is 181 Å². The van der Waals surface area contributed by atoms with E-state index in [1.807, 2.05) is 0 Å². The minimum absolute atomic E-state index is 0.306. The third kappa shape index (κ3) is 30.8. The van der Waals surface area contributed by atoms with Crippen LogP contribution in [0.5, 0.6) is 0 Å². The molecule has 0 saturated carbocycles. The van der Waals surface area contributed by atoms with Crippen molar-refractivity contribution < 1.29 is 18.5 Å². The molecule has 0 saturated heterocycles. The smallest absolute Gasteiger partial charge is 0.303 e. The number of unbranched alkanes of at least 4 members (excludes halogenated alkanes) is 21. The summed E-state index contributed by atoms with van der Waals surface area (Å²) in [5.74, 6) is 0. The molecule has 0 aromatic carbocycles. The van der Waals surface area contributed by atoms with Crippen molar-refractivity contribution in [2.45, 2.75) is 181 Å². The van der Waals surface area contributed by atoms with E-state index in [2.05, 4.69) is 25.7 Å². The second-order valence-corrected chi connectivity index (χ2v) is 13.2. The molecule has 0 aliphatic carbocycles. The molecule has 0 radical (unpaired) electrons. The maximum absolute atomic E-state index is 12.1. The summed E-state index contributed by atoms with van der Waals surface area (Å²) in [5.41, 5.74) is 0. The molecule has 6 heteroatoms. The molecule has 0 heterocycles. The fourth-order valence-corrected chi connectivity index (χ4v) is 5.96. The van der Waals surface area contributed by atoms with E-state index < -0.39 is 7.82 Å². The van der Waals surface area contributed by atoms with Gasteiger partial charge in [-0.25, -0.2) is 4.57 Å². The summed E-state index contributed by atoms with van der Waals surface area (Å²) in [5, 5.41) is 0. The number of phosphoric ester groups is 1. The van der Waals surface area contributed by atoms with Crippen molar-refractivity contribution in [3.63, 3.8) is 0 Å². The van der Waals surface area contributed by atoms with Gasteiger partial charge in [-0.2, -0.15) is 0 Å². The van der Waals surface area contributed by atoms with E-state index in [0.717, 1.165) is 38.6 Å². The minimum Gasteiger partial charge on any atom is -0.303 e. The molecular weight excluding hydrogens is 505 g/mol. The third-order valence-corrected chi connectivity index (χ3v) is 8.80. The van der Waals surface area contributed by atoms with Crippen molar-refractivity contribution in [3.8, 4) is 0 Å². The maximum atomic E-state index is 12.1. The second-order valence-electron chi connectivity index (χ2n) is 11.8. The minimum atomic E-state index is -3.90. The Balaban J connectivity index is 3.96. The third-order valence-electron chi connectivity index (χ3n) is 7.78. The molecule has 0 rings (SSSR count). The molecule has 0 amide bonds. The van der Waals surface area contributed by atoms with Crippen LogP contribution in [0.15, 0.2) is 0 Å². The van der Waals surface area contributed by atoms with Gasteiger partial charge in [0, 0.05) is 0 Å². The molecule has 5 nitrogen and oxygen atoms in total. The normalized spacial score (nSPS) is 13.4. The van der Waals surface area contributed by atoms with Gasteiger partial charge < -0.3 is 9.79 Å². The Morgan fingerprint density at radius 2 is 0.692 bits per heavy atom. The highest BCUT2D eigenvalue weighted by Crippen LogP contribution is 2.43. The van der Waals surface area contributed by atoms with E-state index in [0.29, 0.717) is 13.2 Å². The van der Waals surface area contributed by atoms with E-state index in [1.165, 1.54) is 142 Å². The Morgan fingerprint density at radius 3 is 1.03 bits per heavy atom. The lowest BCUT2D eigenvalue weighted by Crippen LogP contribution is -2.27. The summed E-state index contributed by atoms with van der Waals surface area (Å²) in [6, 6.07) is 0. The van der Waals surface area contributed by atoms with Crippen LogP contribution >= 0.6 is 7.82 Å². The van der Waals surface area contributed by atoms with Gasteiger partial charge in [0.1, 0.15) is 0 Å². The summed E-state index contributed by atoms with van der Waals surface area (Å²) >= 11 is 0. The molecule has 0 spiro atoms. The Morgan fingerprint density at radius 1 is 0.436 bits per heavy atom. The molecule has 0 aliphatic rings. The van der Waals surface area contributed by atoms with Gasteiger partial charge in [0.2, 0.25) is 0 Å². The van der Waals surface area contributed by atoms with Gasteiger partial charge in [-0.05, 0) is 58.2 Å². The van der Waals surface area contributed by atoms with Gasteiger partial charge in [-0.1, -0.05) is 143 Å². The van der Waals surface area contributed by atoms with E-state index in [4.69, 9.17) is 9.05 Å². The Bertz CT molecular complexity index is 502. The highest BCUT2D eigenvalue weighted by molar-refractivity contribution is 7.47. The van der Waals surface area contributed by atoms with Gasteiger partial charge in [0.25, 0.3) is 0 Å². The Hall–Kier alpha value is 0.0700. The molecule has 0 fully saturated rings. The van der Waals surface area contributed by atoms with Crippen LogP contribution in [-0.4, -0.2) is 42.6 Å². The molecular formula is C33H70NO4P. The first kappa shape index (κ1) is 39.1. The van der Waals surface area contributed by atoms with Crippen molar-refractivity contribution in [2.75, 3.05) is 32.8 Å². The van der Waals surface area contributed by atoms with Crippen LogP contribution in [0.4, 0.5) is 0 Å². The Labute approximate surface area is 245 Å². The molecule has 0 aromatic heterocycles. The average Bonchev–Trinajstić information content (AvgIpc) is 2.92. The van der Waals surface area contributed by atoms with Gasteiger partial charge in [-0.3, -0.25) is 9.05 Å². The number of nitrogens with zero attached hydrogens (tertiary/aromatic N) is 1. The van der Waals surface area contributed by atoms with Crippen molar-refractivity contribution in [2.24, 2.45) is 0 Å². The van der Waals surface area contributed by atoms with Gasteiger partial charge in [0.05, 0.1) is 13.2 Å². The van der Waals surface area contributed by atoms with Crippen molar-refractivity contribution >= 4 is 7.82 Å². The fraction of sp³-hybridized carbons (Fsp3) is 1.00. The SMILES string of the molecule is CCCCCCCCCCOP(=O)(O)OCCCCCN(CCCCCCCCC)CCCCCCCCC. The van der Waals surface area contributed by atoms with Crippen LogP contribution in [0.25, 0.3) is 0 Å². The topological polar surface area (TPSA) is 59.0 Å². The van der Waals surface area contributed by atoms with Gasteiger partial charge in [-0.15, -0.1) is 0 Å². The lowest BCUT2D eigenvalue weighted by atomic mass is 10.1. The number of hydrogen-bond acceptors (Lipinski definition) is 4. The van der Waals surface area contributed by atoms with Crippen LogP contribution in [-0.2, 0) is 13.6 Å². The molecule has 0 aliphatic heterocycles. The average molecular weight is 576 g/mol. The zero-order chi connectivity index (χ0) is 28.7. The molecule has 0 bridgehead atoms. The predicted octanol–water partition coefficient (Wildman–Crippen LogP) is 11.2. The standard InChI is InChI=1S/C33H70NO4P/c1-4-7-10-13-16-19-22-27-32-37-39(35,36)38-33-28-23-26-31-34(29-24-20-17-14-11-8-5-2)30-25-21-18-15-12-9-6-3/h4-33H2,1-3H3,(H,35,36). The first-order valence-corrected chi connectivity index (χ1v) is 18.9. The fourth-order valence-electron chi connectivity index (χ4n) is 5.17. The summed E-state index contributed by atoms with van der Waals surface area (Å²) in [6.45, 7) is 11.0. The summed E-state index contributed by atoms with van der Waals surface area (Å²) < 4.78 is 22.5. The van der Waals surface area contributed by atoms with Crippen molar-refractivity contribution in [3.05, 3.63) is 0 Å². The summed E-state index contributed by atoms with van der Waals surface area (Å²) in [6.07, 6.45) is 31.6. The zero-order valence-corrected chi connectivity index (χ0v) is 27.7. The molecule has 1 N–H and O–H groups in total. The number of hydrogen-bond donors (Lipinski definition) is 1. The van der Waals surface area contributed by atoms with Crippen LogP contribution in [0, 0.1) is 0 Å². The highest BCUT2D eigenvalue weighted by atomic mass is 31.2. The van der Waals surface area contributed by atoms with Crippen molar-refractivity contribution in [1.29, 1.82) is 0 Å². The zero-order valence-electron chi connectivity index (χ0n) is 26.8. The number of phosphoric acid groups is 1. The maximum Gasteiger partial charge on any atom is 0.472 e. The molecule has 39 heavy (non-hydrogen) atoms. The Kier molecular flexibility index (Phi) is 31.1. The first-order valence-electron chi connectivity index (χ1n) is 17.4. The summed E-state index contributed by atoms with van der Waals surface area (Å²) in [4.78, 5) is 12.6. The largest absolute Gasteiger partial charge is 0.472 e. The monoisotopic (exact) mass is 576 g/mol. The second kappa shape index (κ2) is 31.0. The van der Waals surface area contributed by atoms with Crippen molar-refractivity contribution in [1.82, 2.24) is 4.90 Å². The molecule has 1 atom stereocenters. The van der Waals surface area contributed by atoms with Crippen LogP contribution in [0.3, 0.4) is 0 Å². The lowest BCUT2D eigenvalue weighted by Gasteiger charge is -2.22.